The summed E-state index contributed by atoms with van der Waals surface area (Å²) in [7, 11) is -3.95. The molecule has 3 amide bonds. The Labute approximate surface area is 212 Å². The second-order valence-corrected chi connectivity index (χ2v) is 10.2. The number of aliphatic hydroxyl groups is 5. The van der Waals surface area contributed by atoms with Crippen LogP contribution in [-0.4, -0.2) is 139 Å². The van der Waals surface area contributed by atoms with Crippen LogP contribution < -0.4 is 16.0 Å². The van der Waals surface area contributed by atoms with E-state index in [0.717, 1.165) is 20.1 Å². The van der Waals surface area contributed by atoms with Gasteiger partial charge in [0.15, 0.2) is 12.5 Å². The molecule has 0 bridgehead atoms. The number of amides is 3. The van der Waals surface area contributed by atoms with Gasteiger partial charge in [0.05, 0.1) is 19.5 Å². The number of aliphatic hydroxyl groups excluding tert-OH is 5. The molecule has 2 rings (SSSR count). The Balaban J connectivity index is 2.29. The molecule has 0 aromatic carbocycles. The van der Waals surface area contributed by atoms with Crippen molar-refractivity contribution in [3.05, 3.63) is 0 Å². The standard InChI is InChI=1S/C19H33N3O14S/c1-7(25)20-12-16(30)17(10(5-24)34-18(12)22-11(27)6-33-37(3,31)32)36-19-13(21-8(2)26)15(29)14(28)9(4-23)35-19/h9-10,12-19,23-24,28-30H,4-6H2,1-3H3,(H,20,25)(H,21,26)(H,22,27)/t9-,10-,12-,13-,14-,15-,16-,17-,18-,19+/m1/s1. The minimum Gasteiger partial charge on any atom is -0.394 e. The highest BCUT2D eigenvalue weighted by atomic mass is 32.2. The smallest absolute Gasteiger partial charge is 0.264 e. The maximum Gasteiger partial charge on any atom is 0.264 e. The predicted molar refractivity (Wildman–Crippen MR) is 119 cm³/mol. The van der Waals surface area contributed by atoms with Gasteiger partial charge in [0, 0.05) is 13.8 Å². The summed E-state index contributed by atoms with van der Waals surface area (Å²) in [6, 6.07) is -2.79. The van der Waals surface area contributed by atoms with Gasteiger partial charge in [0.25, 0.3) is 10.1 Å². The van der Waals surface area contributed by atoms with Crippen molar-refractivity contribution in [2.24, 2.45) is 0 Å². The first-order valence-electron chi connectivity index (χ1n) is 11.1. The van der Waals surface area contributed by atoms with Gasteiger partial charge in [-0.05, 0) is 0 Å². The van der Waals surface area contributed by atoms with Crippen molar-refractivity contribution in [3.63, 3.8) is 0 Å². The first-order chi connectivity index (χ1) is 17.2. The molecule has 0 spiro atoms. The van der Waals surface area contributed by atoms with E-state index in [1.165, 1.54) is 0 Å². The van der Waals surface area contributed by atoms with Crippen LogP contribution in [0.25, 0.3) is 0 Å². The highest BCUT2D eigenvalue weighted by Gasteiger charge is 2.51. The average Bonchev–Trinajstić information content (AvgIpc) is 2.80. The molecule has 214 valence electrons. The van der Waals surface area contributed by atoms with E-state index in [1.54, 1.807) is 0 Å². The quantitative estimate of drug-likeness (QED) is 0.116. The predicted octanol–water partition coefficient (Wildman–Crippen LogP) is -6.01. The van der Waals surface area contributed by atoms with Crippen LogP contribution in [-0.2, 0) is 42.9 Å². The topological polar surface area (TPSA) is 260 Å². The normalized spacial score (nSPS) is 36.4. The van der Waals surface area contributed by atoms with Crippen LogP contribution in [0.2, 0.25) is 0 Å². The molecule has 2 saturated heterocycles. The summed E-state index contributed by atoms with van der Waals surface area (Å²) in [6.07, 6.45) is -11.6. The number of hydrogen-bond acceptors (Lipinski definition) is 14. The molecule has 8 N–H and O–H groups in total. The minimum absolute atomic E-state index is 0.634. The molecule has 2 aliphatic heterocycles. The highest BCUT2D eigenvalue weighted by molar-refractivity contribution is 7.86. The molecular weight excluding hydrogens is 526 g/mol. The first kappa shape index (κ1) is 31.2. The molecule has 10 atom stereocenters. The van der Waals surface area contributed by atoms with Crippen LogP contribution in [0, 0.1) is 0 Å². The Morgan fingerprint density at radius 3 is 1.92 bits per heavy atom. The highest BCUT2D eigenvalue weighted by Crippen LogP contribution is 2.29. The number of carbonyl (C=O) groups is 3. The third-order valence-electron chi connectivity index (χ3n) is 5.52. The van der Waals surface area contributed by atoms with Gasteiger partial charge >= 0.3 is 0 Å². The number of rotatable bonds is 10. The minimum atomic E-state index is -3.95. The number of nitrogens with one attached hydrogen (secondary N) is 3. The Morgan fingerprint density at radius 1 is 0.838 bits per heavy atom. The Morgan fingerprint density at radius 2 is 1.41 bits per heavy atom. The number of hydrogen-bond donors (Lipinski definition) is 8. The molecule has 18 heteroatoms. The average molecular weight is 560 g/mol. The van der Waals surface area contributed by atoms with Crippen molar-refractivity contribution >= 4 is 27.8 Å². The molecule has 0 unspecified atom stereocenters. The van der Waals surface area contributed by atoms with E-state index >= 15 is 0 Å². The number of ether oxygens (including phenoxy) is 3. The van der Waals surface area contributed by atoms with Gasteiger partial charge < -0.3 is 55.7 Å². The zero-order valence-electron chi connectivity index (χ0n) is 20.2. The van der Waals surface area contributed by atoms with Gasteiger partial charge in [0.2, 0.25) is 17.7 Å². The van der Waals surface area contributed by atoms with E-state index in [4.69, 9.17) is 14.2 Å². The van der Waals surface area contributed by atoms with Crippen LogP contribution in [0.15, 0.2) is 0 Å². The third-order valence-corrected chi connectivity index (χ3v) is 6.06. The second-order valence-electron chi connectivity index (χ2n) is 8.56. The van der Waals surface area contributed by atoms with Crippen LogP contribution in [0.1, 0.15) is 13.8 Å². The van der Waals surface area contributed by atoms with Crippen molar-refractivity contribution in [2.75, 3.05) is 26.1 Å². The zero-order valence-corrected chi connectivity index (χ0v) is 21.0. The van der Waals surface area contributed by atoms with E-state index in [9.17, 15) is 48.3 Å². The summed E-state index contributed by atoms with van der Waals surface area (Å²) in [5.74, 6) is -2.28. The Bertz CT molecular complexity index is 920. The zero-order chi connectivity index (χ0) is 28.1. The molecule has 0 aliphatic carbocycles. The Hall–Kier alpha value is -2.00. The molecule has 2 fully saturated rings. The van der Waals surface area contributed by atoms with Crippen molar-refractivity contribution < 1.29 is 66.7 Å². The van der Waals surface area contributed by atoms with Gasteiger partial charge in [-0.2, -0.15) is 8.42 Å². The van der Waals surface area contributed by atoms with Crippen LogP contribution in [0.5, 0.6) is 0 Å². The summed E-state index contributed by atoms with van der Waals surface area (Å²) in [6.45, 7) is -0.241. The largest absolute Gasteiger partial charge is 0.394 e. The maximum absolute atomic E-state index is 12.2. The molecule has 0 aromatic heterocycles. The van der Waals surface area contributed by atoms with Crippen LogP contribution in [0.3, 0.4) is 0 Å². The number of carbonyl (C=O) groups excluding carboxylic acids is 3. The summed E-state index contributed by atoms with van der Waals surface area (Å²) in [5.41, 5.74) is 0. The van der Waals surface area contributed by atoms with Gasteiger partial charge in [0.1, 0.15) is 55.3 Å². The second kappa shape index (κ2) is 13.2. The van der Waals surface area contributed by atoms with Gasteiger partial charge in [-0.3, -0.25) is 18.6 Å². The van der Waals surface area contributed by atoms with Gasteiger partial charge in [-0.1, -0.05) is 0 Å². The molecule has 37 heavy (non-hydrogen) atoms. The maximum atomic E-state index is 12.2. The fourth-order valence-corrected chi connectivity index (χ4v) is 4.21. The van der Waals surface area contributed by atoms with E-state index < -0.39 is 109 Å². The van der Waals surface area contributed by atoms with Crippen molar-refractivity contribution in [2.45, 2.75) is 75.1 Å². The van der Waals surface area contributed by atoms with Crippen LogP contribution >= 0.6 is 0 Å². The third kappa shape index (κ3) is 8.50. The van der Waals surface area contributed by atoms with Gasteiger partial charge in [-0.25, -0.2) is 0 Å². The molecule has 0 radical (unpaired) electrons. The molecule has 17 nitrogen and oxygen atoms in total. The van der Waals surface area contributed by atoms with E-state index in [2.05, 4.69) is 20.1 Å². The summed E-state index contributed by atoms with van der Waals surface area (Å²) in [5, 5.41) is 58.0. The van der Waals surface area contributed by atoms with E-state index in [-0.39, 0.29) is 0 Å². The fraction of sp³-hybridized carbons (Fsp3) is 0.842. The summed E-state index contributed by atoms with van der Waals surface area (Å²) < 4.78 is 43.5. The first-order valence-corrected chi connectivity index (χ1v) is 12.9. The fourth-order valence-electron chi connectivity index (χ4n) is 3.89. The van der Waals surface area contributed by atoms with E-state index in [1.807, 2.05) is 0 Å². The lowest BCUT2D eigenvalue weighted by atomic mass is 9.94. The van der Waals surface area contributed by atoms with E-state index in [0.29, 0.717) is 0 Å². The molecule has 0 aromatic rings. The SMILES string of the molecule is CC(=O)N[C@@H]1[C@@H](O)[C@H](O[C@@H]2O[C@H](CO)[C@@H](O)[C@H](O)[C@H]2NC(C)=O)[C@@H](CO)O[C@H]1NC(=O)COS(C)(=O)=O. The van der Waals surface area contributed by atoms with Crippen LogP contribution in [0.4, 0.5) is 0 Å². The lowest BCUT2D eigenvalue weighted by Gasteiger charge is -2.48. The summed E-state index contributed by atoms with van der Waals surface area (Å²) >= 11 is 0. The molecule has 2 heterocycles. The lowest BCUT2D eigenvalue weighted by Crippen LogP contribution is -2.71. The molecule has 0 saturated carbocycles. The Kier molecular flexibility index (Phi) is 11.1. The van der Waals surface area contributed by atoms with Crippen molar-refractivity contribution in [1.82, 2.24) is 16.0 Å². The van der Waals surface area contributed by atoms with Gasteiger partial charge in [-0.15, -0.1) is 0 Å². The molecule has 2 aliphatic rings. The monoisotopic (exact) mass is 559 g/mol. The summed E-state index contributed by atoms with van der Waals surface area (Å²) in [4.78, 5) is 35.6. The lowest BCUT2D eigenvalue weighted by molar-refractivity contribution is -0.315. The van der Waals surface area contributed by atoms with Crippen molar-refractivity contribution in [3.8, 4) is 0 Å². The van der Waals surface area contributed by atoms with Crippen molar-refractivity contribution in [1.29, 1.82) is 0 Å². The molecular formula is C19H33N3O14S.